The van der Waals surface area contributed by atoms with Crippen LogP contribution in [0.25, 0.3) is 33.7 Å². The summed E-state index contributed by atoms with van der Waals surface area (Å²) < 4.78 is 10.5. The van der Waals surface area contributed by atoms with Crippen LogP contribution < -0.4 is 28.5 Å². The molecule has 0 atom stereocenters. The summed E-state index contributed by atoms with van der Waals surface area (Å²) in [6, 6.07) is 20.5. The van der Waals surface area contributed by atoms with Gasteiger partial charge in [0.2, 0.25) is 5.52 Å². The first-order valence-electron chi connectivity index (χ1n) is 7.63. The fraction of sp³-hybridized carbons (Fsp3) is 0.0500. The van der Waals surface area contributed by atoms with Crippen LogP contribution >= 0.6 is 27.3 Å². The van der Waals surface area contributed by atoms with Gasteiger partial charge in [0.05, 0.1) is 0 Å². The molecule has 2 aromatic heterocycles. The van der Waals surface area contributed by atoms with Crippen LogP contribution in [0, 0.1) is 0 Å². The van der Waals surface area contributed by atoms with Crippen molar-refractivity contribution in [2.45, 2.75) is 0 Å². The second-order valence-electron chi connectivity index (χ2n) is 5.48. The maximum atomic E-state index is 5.96. The molecule has 0 spiro atoms. The number of aryl methyl sites for hydroxylation is 1. The number of para-hydroxylation sites is 1. The zero-order valence-corrected chi connectivity index (χ0v) is 18.0. The zero-order chi connectivity index (χ0) is 16.5. The van der Waals surface area contributed by atoms with Crippen molar-refractivity contribution in [3.05, 3.63) is 75.9 Å². The highest BCUT2D eigenvalue weighted by Crippen LogP contribution is 2.30. The minimum Gasteiger partial charge on any atom is -1.00 e. The van der Waals surface area contributed by atoms with Crippen LogP contribution in [0.5, 0.6) is 0 Å². The van der Waals surface area contributed by atoms with Crippen molar-refractivity contribution in [3.8, 4) is 11.3 Å². The van der Waals surface area contributed by atoms with Crippen molar-refractivity contribution in [3.63, 3.8) is 0 Å². The average molecular weight is 524 g/mol. The lowest BCUT2D eigenvalue weighted by Crippen LogP contribution is -3.00. The zero-order valence-electron chi connectivity index (χ0n) is 13.4. The molecule has 0 aliphatic carbocycles. The molecular formula is C20H15BrINOS. The van der Waals surface area contributed by atoms with Crippen molar-refractivity contribution in [1.29, 1.82) is 0 Å². The van der Waals surface area contributed by atoms with Crippen molar-refractivity contribution in [2.75, 3.05) is 0 Å². The molecule has 0 fully saturated rings. The first-order valence-corrected chi connectivity index (χ1v) is 9.24. The summed E-state index contributed by atoms with van der Waals surface area (Å²) >= 11 is 5.34. The molecule has 0 aliphatic heterocycles. The second-order valence-corrected chi connectivity index (χ2v) is 7.40. The minimum absolute atomic E-state index is 0. The first kappa shape index (κ1) is 18.4. The lowest BCUT2D eigenvalue weighted by molar-refractivity contribution is -0.642. The molecule has 0 saturated carbocycles. The summed E-state index contributed by atoms with van der Waals surface area (Å²) in [4.78, 5) is 0. The predicted molar refractivity (Wildman–Crippen MR) is 104 cm³/mol. The monoisotopic (exact) mass is 523 g/mol. The van der Waals surface area contributed by atoms with E-state index in [9.17, 15) is 0 Å². The number of thiazole rings is 1. The van der Waals surface area contributed by atoms with E-state index in [1.165, 1.54) is 15.2 Å². The van der Waals surface area contributed by atoms with Crippen LogP contribution in [0.1, 0.15) is 10.8 Å². The van der Waals surface area contributed by atoms with Gasteiger partial charge in [-0.25, -0.2) is 0 Å². The lowest BCUT2D eigenvalue weighted by atomic mass is 10.2. The molecule has 0 amide bonds. The Balaban J connectivity index is 0.00000182. The number of aromatic nitrogens is 1. The van der Waals surface area contributed by atoms with E-state index in [0.717, 1.165) is 21.6 Å². The van der Waals surface area contributed by atoms with Crippen LogP contribution in [0.2, 0.25) is 0 Å². The van der Waals surface area contributed by atoms with Gasteiger partial charge < -0.3 is 28.4 Å². The van der Waals surface area contributed by atoms with Crippen LogP contribution in [0.4, 0.5) is 0 Å². The van der Waals surface area contributed by atoms with E-state index >= 15 is 0 Å². The minimum atomic E-state index is 0. The number of fused-ring (bicyclic) bond motifs is 1. The van der Waals surface area contributed by atoms with Crippen LogP contribution in [-0.2, 0) is 7.05 Å². The third kappa shape index (κ3) is 3.73. The Hall–Kier alpha value is -1.44. The van der Waals surface area contributed by atoms with E-state index in [4.69, 9.17) is 4.42 Å². The number of hydrogen-bond donors (Lipinski definition) is 0. The van der Waals surface area contributed by atoms with Gasteiger partial charge >= 0.3 is 0 Å². The quantitative estimate of drug-likeness (QED) is 0.298. The molecule has 126 valence electrons. The number of furan rings is 1. The summed E-state index contributed by atoms with van der Waals surface area (Å²) in [5.74, 6) is 1.71. The van der Waals surface area contributed by atoms with Gasteiger partial charge in [-0.3, -0.25) is 0 Å². The van der Waals surface area contributed by atoms with Gasteiger partial charge in [-0.2, -0.15) is 4.57 Å². The molecule has 5 heteroatoms. The summed E-state index contributed by atoms with van der Waals surface area (Å²) in [5, 5.41) is 1.19. The van der Waals surface area contributed by atoms with Crippen molar-refractivity contribution in [2.24, 2.45) is 7.05 Å². The molecule has 2 heterocycles. The van der Waals surface area contributed by atoms with Gasteiger partial charge in [-0.1, -0.05) is 57.6 Å². The van der Waals surface area contributed by atoms with Crippen molar-refractivity contribution < 1.29 is 33.0 Å². The van der Waals surface area contributed by atoms with E-state index < -0.39 is 0 Å². The predicted octanol–water partition coefficient (Wildman–Crippen LogP) is 2.92. The van der Waals surface area contributed by atoms with Crippen molar-refractivity contribution >= 4 is 49.6 Å². The van der Waals surface area contributed by atoms with Crippen LogP contribution in [0.3, 0.4) is 0 Å². The second kappa shape index (κ2) is 7.85. The summed E-state index contributed by atoms with van der Waals surface area (Å²) in [6.45, 7) is 0. The van der Waals surface area contributed by atoms with Gasteiger partial charge in [-0.05, 0) is 30.3 Å². The first-order chi connectivity index (χ1) is 11.7. The maximum Gasteiger partial charge on any atom is 0.262 e. The number of benzene rings is 2. The Morgan fingerprint density at radius 3 is 2.52 bits per heavy atom. The van der Waals surface area contributed by atoms with Crippen molar-refractivity contribution in [1.82, 2.24) is 0 Å². The highest BCUT2D eigenvalue weighted by molar-refractivity contribution is 9.10. The van der Waals surface area contributed by atoms with E-state index in [2.05, 4.69) is 57.9 Å². The van der Waals surface area contributed by atoms with Gasteiger partial charge in [-0.15, -0.1) is 0 Å². The molecule has 0 radical (unpaired) electrons. The Morgan fingerprint density at radius 2 is 1.72 bits per heavy atom. The summed E-state index contributed by atoms with van der Waals surface area (Å²) in [6.07, 6.45) is 4.12. The topological polar surface area (TPSA) is 17.0 Å². The molecule has 4 aromatic rings. The van der Waals surface area contributed by atoms with Crippen LogP contribution in [0.15, 0.2) is 69.6 Å². The number of hydrogen-bond acceptors (Lipinski definition) is 2. The fourth-order valence-corrected chi connectivity index (χ4v) is 4.20. The highest BCUT2D eigenvalue weighted by Gasteiger charge is 2.13. The fourth-order valence-electron chi connectivity index (χ4n) is 2.67. The maximum absolute atomic E-state index is 5.96. The largest absolute Gasteiger partial charge is 1.00 e. The lowest BCUT2D eigenvalue weighted by Gasteiger charge is -1.99. The molecule has 4 rings (SSSR count). The smallest absolute Gasteiger partial charge is 0.262 e. The van der Waals surface area contributed by atoms with E-state index in [1.807, 2.05) is 42.5 Å². The molecule has 0 saturated heterocycles. The third-order valence-corrected chi connectivity index (χ3v) is 5.80. The molecule has 0 N–H and O–H groups in total. The standard InChI is InChI=1S/C20H15BrNOS.HI/c1-22-17-8-4-5-9-19(17)24-20(22)13-11-14-10-12-18(23-14)15-6-2-3-7-16(15)21;/h2-13H,1H3;1H/q+1;/p-1/b13-11+;. The molecule has 0 aliphatic rings. The Kier molecular flexibility index (Phi) is 5.76. The van der Waals surface area contributed by atoms with Gasteiger partial charge in [0.25, 0.3) is 5.01 Å². The Morgan fingerprint density at radius 1 is 0.960 bits per heavy atom. The molecule has 25 heavy (non-hydrogen) atoms. The van der Waals surface area contributed by atoms with Gasteiger partial charge in [0.15, 0.2) is 0 Å². The van der Waals surface area contributed by atoms with E-state index in [1.54, 1.807) is 11.3 Å². The van der Waals surface area contributed by atoms with E-state index in [0.29, 0.717) is 0 Å². The molecule has 2 nitrogen and oxygen atoms in total. The number of rotatable bonds is 3. The number of halogens is 2. The Bertz CT molecular complexity index is 1050. The molecule has 0 bridgehead atoms. The van der Waals surface area contributed by atoms with E-state index in [-0.39, 0.29) is 24.0 Å². The molecular weight excluding hydrogens is 509 g/mol. The number of nitrogens with zero attached hydrogens (tertiary/aromatic N) is 1. The van der Waals surface area contributed by atoms with Crippen LogP contribution in [-0.4, -0.2) is 0 Å². The van der Waals surface area contributed by atoms with Gasteiger partial charge in [0, 0.05) is 22.2 Å². The Labute approximate surface area is 176 Å². The van der Waals surface area contributed by atoms with Gasteiger partial charge in [0.1, 0.15) is 23.3 Å². The molecule has 2 aromatic carbocycles. The average Bonchev–Trinajstić information content (AvgIpc) is 3.19. The third-order valence-electron chi connectivity index (χ3n) is 3.93. The highest BCUT2D eigenvalue weighted by atomic mass is 127. The summed E-state index contributed by atoms with van der Waals surface area (Å²) in [7, 11) is 2.09. The summed E-state index contributed by atoms with van der Waals surface area (Å²) in [5.41, 5.74) is 2.31. The normalized spacial score (nSPS) is 11.1. The SMILES string of the molecule is C[n+]1c(/C=C/c2ccc(-c3ccccc3Br)o2)sc2ccccc21.[I-]. The molecule has 0 unspecified atom stereocenters.